The number of benzene rings is 1. The SMILES string of the molecule is C#CC1(O)CC(C(=O)Nc2ccc3nc(C4CC4)oc3c2)C1. The molecule has 2 aliphatic carbocycles. The number of anilines is 1. The molecule has 1 aromatic carbocycles. The van der Waals surface area contributed by atoms with E-state index in [4.69, 9.17) is 10.8 Å². The lowest BCUT2D eigenvalue weighted by molar-refractivity contribution is -0.129. The zero-order chi connectivity index (χ0) is 15.3. The molecule has 0 radical (unpaired) electrons. The van der Waals surface area contributed by atoms with Crippen molar-refractivity contribution in [1.82, 2.24) is 4.98 Å². The smallest absolute Gasteiger partial charge is 0.227 e. The van der Waals surface area contributed by atoms with Crippen LogP contribution in [0.1, 0.15) is 37.5 Å². The molecule has 1 aromatic heterocycles. The van der Waals surface area contributed by atoms with Gasteiger partial charge in [0.05, 0.1) is 0 Å². The van der Waals surface area contributed by atoms with Crippen LogP contribution < -0.4 is 5.32 Å². The second-order valence-corrected chi connectivity index (χ2v) is 6.28. The van der Waals surface area contributed by atoms with Gasteiger partial charge >= 0.3 is 0 Å². The second-order valence-electron chi connectivity index (χ2n) is 6.28. The maximum Gasteiger partial charge on any atom is 0.227 e. The molecule has 4 rings (SSSR count). The number of nitrogens with zero attached hydrogens (tertiary/aromatic N) is 1. The average Bonchev–Trinajstić information content (AvgIpc) is 3.23. The van der Waals surface area contributed by atoms with Crippen molar-refractivity contribution in [3.8, 4) is 12.3 Å². The summed E-state index contributed by atoms with van der Waals surface area (Å²) in [5.41, 5.74) is 1.06. The molecule has 0 bridgehead atoms. The Morgan fingerprint density at radius 3 is 2.91 bits per heavy atom. The highest BCUT2D eigenvalue weighted by Gasteiger charge is 2.44. The zero-order valence-electron chi connectivity index (χ0n) is 12.0. The molecule has 2 aliphatic rings. The van der Waals surface area contributed by atoms with E-state index in [0.717, 1.165) is 24.2 Å². The summed E-state index contributed by atoms with van der Waals surface area (Å²) in [6, 6.07) is 5.45. The predicted octanol–water partition coefficient (Wildman–Crippen LogP) is 2.42. The van der Waals surface area contributed by atoms with E-state index in [2.05, 4.69) is 16.2 Å². The summed E-state index contributed by atoms with van der Waals surface area (Å²) < 4.78 is 5.74. The van der Waals surface area contributed by atoms with Crippen molar-refractivity contribution >= 4 is 22.7 Å². The minimum atomic E-state index is -1.12. The summed E-state index contributed by atoms with van der Waals surface area (Å²) in [6.45, 7) is 0. The third-order valence-electron chi connectivity index (χ3n) is 4.41. The fourth-order valence-corrected chi connectivity index (χ4v) is 2.83. The highest BCUT2D eigenvalue weighted by molar-refractivity contribution is 5.95. The summed E-state index contributed by atoms with van der Waals surface area (Å²) in [4.78, 5) is 16.6. The molecule has 0 unspecified atom stereocenters. The summed E-state index contributed by atoms with van der Waals surface area (Å²) in [5.74, 6) is 3.20. The quantitative estimate of drug-likeness (QED) is 0.853. The lowest BCUT2D eigenvalue weighted by atomic mass is 9.71. The first-order valence-corrected chi connectivity index (χ1v) is 7.48. The van der Waals surface area contributed by atoms with E-state index < -0.39 is 5.60 Å². The summed E-state index contributed by atoms with van der Waals surface area (Å²) >= 11 is 0. The number of hydrogen-bond donors (Lipinski definition) is 2. The van der Waals surface area contributed by atoms with E-state index in [1.807, 2.05) is 12.1 Å². The van der Waals surface area contributed by atoms with Crippen LogP contribution in [0.25, 0.3) is 11.1 Å². The first kappa shape index (κ1) is 13.4. The van der Waals surface area contributed by atoms with Crippen LogP contribution in [-0.4, -0.2) is 21.6 Å². The van der Waals surface area contributed by atoms with E-state index >= 15 is 0 Å². The van der Waals surface area contributed by atoms with Gasteiger partial charge in [-0.15, -0.1) is 6.42 Å². The summed E-state index contributed by atoms with van der Waals surface area (Å²) in [5, 5.41) is 12.6. The van der Waals surface area contributed by atoms with Crippen molar-refractivity contribution in [3.05, 3.63) is 24.1 Å². The average molecular weight is 296 g/mol. The van der Waals surface area contributed by atoms with Crippen LogP contribution in [0.2, 0.25) is 0 Å². The number of fused-ring (bicyclic) bond motifs is 1. The molecule has 5 heteroatoms. The molecular weight excluding hydrogens is 280 g/mol. The number of terminal acetylenes is 1. The molecule has 2 N–H and O–H groups in total. The number of aliphatic hydroxyl groups is 1. The molecule has 0 atom stereocenters. The fourth-order valence-electron chi connectivity index (χ4n) is 2.83. The van der Waals surface area contributed by atoms with Gasteiger partial charge in [-0.1, -0.05) is 5.92 Å². The molecular formula is C17H16N2O3. The number of carbonyl (C=O) groups excluding carboxylic acids is 1. The molecule has 2 saturated carbocycles. The Morgan fingerprint density at radius 1 is 1.45 bits per heavy atom. The van der Waals surface area contributed by atoms with Gasteiger partial charge in [0, 0.05) is 23.6 Å². The molecule has 2 aromatic rings. The van der Waals surface area contributed by atoms with Crippen molar-refractivity contribution in [2.45, 2.75) is 37.2 Å². The highest BCUT2D eigenvalue weighted by Crippen LogP contribution is 2.41. The fraction of sp³-hybridized carbons (Fsp3) is 0.412. The van der Waals surface area contributed by atoms with Crippen molar-refractivity contribution in [1.29, 1.82) is 0 Å². The van der Waals surface area contributed by atoms with Crippen LogP contribution in [0.3, 0.4) is 0 Å². The Kier molecular flexibility index (Phi) is 2.78. The largest absolute Gasteiger partial charge is 0.440 e. The van der Waals surface area contributed by atoms with Gasteiger partial charge in [0.25, 0.3) is 0 Å². The third-order valence-corrected chi connectivity index (χ3v) is 4.41. The topological polar surface area (TPSA) is 75.4 Å². The zero-order valence-corrected chi connectivity index (χ0v) is 12.0. The van der Waals surface area contributed by atoms with Crippen LogP contribution >= 0.6 is 0 Å². The Balaban J connectivity index is 1.47. The minimum Gasteiger partial charge on any atom is -0.440 e. The monoisotopic (exact) mass is 296 g/mol. The molecule has 22 heavy (non-hydrogen) atoms. The lowest BCUT2D eigenvalue weighted by Gasteiger charge is -2.38. The van der Waals surface area contributed by atoms with Gasteiger partial charge in [-0.2, -0.15) is 0 Å². The molecule has 0 aliphatic heterocycles. The molecule has 1 amide bonds. The Labute approximate surface area is 127 Å². The van der Waals surface area contributed by atoms with Gasteiger partial charge < -0.3 is 14.8 Å². The van der Waals surface area contributed by atoms with Crippen LogP contribution in [0.4, 0.5) is 5.69 Å². The first-order valence-electron chi connectivity index (χ1n) is 7.48. The predicted molar refractivity (Wildman–Crippen MR) is 81.1 cm³/mol. The van der Waals surface area contributed by atoms with Crippen molar-refractivity contribution in [3.63, 3.8) is 0 Å². The minimum absolute atomic E-state index is 0.124. The van der Waals surface area contributed by atoms with E-state index in [9.17, 15) is 9.90 Å². The number of aromatic nitrogens is 1. The summed E-state index contributed by atoms with van der Waals surface area (Å²) in [7, 11) is 0. The van der Waals surface area contributed by atoms with E-state index in [-0.39, 0.29) is 11.8 Å². The molecule has 1 heterocycles. The normalized spacial score (nSPS) is 27.2. The van der Waals surface area contributed by atoms with Gasteiger partial charge in [-0.05, 0) is 37.8 Å². The first-order chi connectivity index (χ1) is 10.6. The van der Waals surface area contributed by atoms with E-state index in [0.29, 0.717) is 30.0 Å². The van der Waals surface area contributed by atoms with Gasteiger partial charge in [0.15, 0.2) is 11.5 Å². The van der Waals surface area contributed by atoms with Crippen molar-refractivity contribution in [2.24, 2.45) is 5.92 Å². The van der Waals surface area contributed by atoms with Crippen molar-refractivity contribution < 1.29 is 14.3 Å². The second kappa shape index (κ2) is 4.59. The molecule has 112 valence electrons. The number of nitrogens with one attached hydrogen (secondary N) is 1. The van der Waals surface area contributed by atoms with Crippen molar-refractivity contribution in [2.75, 3.05) is 5.32 Å². The van der Waals surface area contributed by atoms with Crippen LogP contribution in [0, 0.1) is 18.3 Å². The van der Waals surface area contributed by atoms with E-state index in [1.165, 1.54) is 0 Å². The number of hydrogen-bond acceptors (Lipinski definition) is 4. The maximum absolute atomic E-state index is 12.1. The van der Waals surface area contributed by atoms with Gasteiger partial charge in [-0.3, -0.25) is 4.79 Å². The van der Waals surface area contributed by atoms with Crippen LogP contribution in [0.5, 0.6) is 0 Å². The molecule has 2 fully saturated rings. The summed E-state index contributed by atoms with van der Waals surface area (Å²) in [6.07, 6.45) is 8.12. The lowest BCUT2D eigenvalue weighted by Crippen LogP contribution is -2.47. The number of rotatable bonds is 3. The van der Waals surface area contributed by atoms with Gasteiger partial charge in [0.2, 0.25) is 5.91 Å². The number of oxazole rings is 1. The Morgan fingerprint density at radius 2 is 2.23 bits per heavy atom. The van der Waals surface area contributed by atoms with Gasteiger partial charge in [-0.25, -0.2) is 4.98 Å². The Hall–Kier alpha value is -2.32. The molecule has 0 saturated heterocycles. The number of amides is 1. The van der Waals surface area contributed by atoms with E-state index in [1.54, 1.807) is 6.07 Å². The molecule has 5 nitrogen and oxygen atoms in total. The van der Waals surface area contributed by atoms with Gasteiger partial charge in [0.1, 0.15) is 11.1 Å². The van der Waals surface area contributed by atoms with Crippen LogP contribution in [-0.2, 0) is 4.79 Å². The third kappa shape index (κ3) is 2.26. The maximum atomic E-state index is 12.1. The van der Waals surface area contributed by atoms with Crippen LogP contribution in [0.15, 0.2) is 22.6 Å². The Bertz CT molecular complexity index is 792. The highest BCUT2D eigenvalue weighted by atomic mass is 16.3. The molecule has 0 spiro atoms. The number of carbonyl (C=O) groups is 1. The standard InChI is InChI=1S/C17H16N2O3/c1-2-17(21)8-11(9-17)15(20)18-12-5-6-13-14(7-12)22-16(19-13)10-3-4-10/h1,5-7,10-11,21H,3-4,8-9H2,(H,18,20).